The highest BCUT2D eigenvalue weighted by molar-refractivity contribution is 5.83. The standard InChI is InChI=1S/C10H18F3N3O/c1-6(7-2-3-7)4-15-5-8(9(14)16-17)10(11,12)13/h6-8,15,17H,2-5H2,1H3,(H2,14,16). The lowest BCUT2D eigenvalue weighted by Crippen LogP contribution is -2.43. The zero-order chi connectivity index (χ0) is 13.1. The molecule has 0 heterocycles. The van der Waals surface area contributed by atoms with Gasteiger partial charge in [0.2, 0.25) is 0 Å². The Kier molecular flexibility index (Phi) is 4.62. The van der Waals surface area contributed by atoms with E-state index in [0.29, 0.717) is 18.4 Å². The van der Waals surface area contributed by atoms with Gasteiger partial charge in [-0.15, -0.1) is 0 Å². The van der Waals surface area contributed by atoms with Crippen molar-refractivity contribution in [3.63, 3.8) is 0 Å². The van der Waals surface area contributed by atoms with E-state index < -0.39 is 17.9 Å². The summed E-state index contributed by atoms with van der Waals surface area (Å²) in [5.74, 6) is -1.73. The summed E-state index contributed by atoms with van der Waals surface area (Å²) in [6.07, 6.45) is -2.18. The Morgan fingerprint density at radius 2 is 2.06 bits per heavy atom. The van der Waals surface area contributed by atoms with Crippen molar-refractivity contribution in [2.75, 3.05) is 13.1 Å². The maximum atomic E-state index is 12.5. The van der Waals surface area contributed by atoms with Crippen molar-refractivity contribution in [2.45, 2.75) is 25.9 Å². The van der Waals surface area contributed by atoms with Gasteiger partial charge in [-0.3, -0.25) is 0 Å². The van der Waals surface area contributed by atoms with Crippen LogP contribution in [0, 0.1) is 17.8 Å². The summed E-state index contributed by atoms with van der Waals surface area (Å²) in [5, 5.41) is 13.5. The van der Waals surface area contributed by atoms with Crippen LogP contribution in [-0.2, 0) is 0 Å². The zero-order valence-electron chi connectivity index (χ0n) is 9.67. The van der Waals surface area contributed by atoms with Gasteiger partial charge in [0.15, 0.2) is 5.84 Å². The molecule has 0 aromatic carbocycles. The number of oxime groups is 1. The maximum Gasteiger partial charge on any atom is 0.400 e. The summed E-state index contributed by atoms with van der Waals surface area (Å²) in [4.78, 5) is 0. The second-order valence-corrected chi connectivity index (χ2v) is 4.59. The summed E-state index contributed by atoms with van der Waals surface area (Å²) in [7, 11) is 0. The Balaban J connectivity index is 2.38. The summed E-state index contributed by atoms with van der Waals surface area (Å²) in [6, 6.07) is 0. The van der Waals surface area contributed by atoms with E-state index in [1.165, 1.54) is 0 Å². The van der Waals surface area contributed by atoms with Gasteiger partial charge in [-0.25, -0.2) is 0 Å². The van der Waals surface area contributed by atoms with Crippen molar-refractivity contribution in [1.29, 1.82) is 0 Å². The first-order chi connectivity index (χ1) is 7.86. The predicted molar refractivity (Wildman–Crippen MR) is 57.7 cm³/mol. The minimum Gasteiger partial charge on any atom is -0.409 e. The SMILES string of the molecule is CC(CNCC(C(N)=NO)C(F)(F)F)C1CC1. The van der Waals surface area contributed by atoms with Crippen LogP contribution in [0.15, 0.2) is 5.16 Å². The molecule has 0 bridgehead atoms. The van der Waals surface area contributed by atoms with Gasteiger partial charge in [-0.2, -0.15) is 13.2 Å². The molecule has 0 aliphatic heterocycles. The first kappa shape index (κ1) is 14.1. The highest BCUT2D eigenvalue weighted by Gasteiger charge is 2.42. The van der Waals surface area contributed by atoms with Crippen LogP contribution in [0.4, 0.5) is 13.2 Å². The van der Waals surface area contributed by atoms with Gasteiger partial charge < -0.3 is 16.3 Å². The van der Waals surface area contributed by atoms with Gasteiger partial charge in [-0.05, 0) is 31.2 Å². The normalized spacial score (nSPS) is 21.3. The molecule has 0 aromatic rings. The molecule has 0 aromatic heterocycles. The Morgan fingerprint density at radius 3 is 2.47 bits per heavy atom. The summed E-state index contributed by atoms with van der Waals surface area (Å²) in [6.45, 7) is 2.18. The Bertz CT molecular complexity index is 276. The minimum absolute atomic E-state index is 0.351. The summed E-state index contributed by atoms with van der Waals surface area (Å²) >= 11 is 0. The Labute approximate surface area is 98.0 Å². The fourth-order valence-electron chi connectivity index (χ4n) is 1.74. The third-order valence-corrected chi connectivity index (χ3v) is 3.11. The van der Waals surface area contributed by atoms with Crippen LogP contribution < -0.4 is 11.1 Å². The molecule has 0 saturated heterocycles. The van der Waals surface area contributed by atoms with Crippen LogP contribution in [0.3, 0.4) is 0 Å². The summed E-state index contributed by atoms with van der Waals surface area (Å²) < 4.78 is 37.6. The van der Waals surface area contributed by atoms with Crippen LogP contribution >= 0.6 is 0 Å². The number of nitrogens with one attached hydrogen (secondary N) is 1. The maximum absolute atomic E-state index is 12.5. The molecule has 2 atom stereocenters. The first-order valence-corrected chi connectivity index (χ1v) is 5.61. The van der Waals surface area contributed by atoms with Gasteiger partial charge in [0, 0.05) is 6.54 Å². The quantitative estimate of drug-likeness (QED) is 0.291. The van der Waals surface area contributed by atoms with Crippen molar-refractivity contribution < 1.29 is 18.4 Å². The van der Waals surface area contributed by atoms with E-state index in [9.17, 15) is 13.2 Å². The largest absolute Gasteiger partial charge is 0.409 e. The molecule has 100 valence electrons. The van der Waals surface area contributed by atoms with Gasteiger partial charge in [-0.1, -0.05) is 12.1 Å². The molecule has 4 N–H and O–H groups in total. The molecule has 0 amide bonds. The molecule has 1 saturated carbocycles. The molecule has 7 heteroatoms. The molecule has 0 radical (unpaired) electrons. The number of hydrogen-bond donors (Lipinski definition) is 3. The molecular weight excluding hydrogens is 235 g/mol. The fraction of sp³-hybridized carbons (Fsp3) is 0.900. The second-order valence-electron chi connectivity index (χ2n) is 4.59. The van der Waals surface area contributed by atoms with E-state index in [-0.39, 0.29) is 6.54 Å². The van der Waals surface area contributed by atoms with Crippen molar-refractivity contribution in [3.05, 3.63) is 0 Å². The molecular formula is C10H18F3N3O. The van der Waals surface area contributed by atoms with Crippen LogP contribution in [0.5, 0.6) is 0 Å². The first-order valence-electron chi connectivity index (χ1n) is 5.61. The van der Waals surface area contributed by atoms with Crippen LogP contribution in [-0.4, -0.2) is 30.3 Å². The van der Waals surface area contributed by atoms with E-state index in [4.69, 9.17) is 10.9 Å². The topological polar surface area (TPSA) is 70.6 Å². The second kappa shape index (κ2) is 5.57. The predicted octanol–water partition coefficient (Wildman–Crippen LogP) is 1.55. The molecule has 1 aliphatic carbocycles. The lowest BCUT2D eigenvalue weighted by molar-refractivity contribution is -0.154. The van der Waals surface area contributed by atoms with Crippen molar-refractivity contribution >= 4 is 5.84 Å². The van der Waals surface area contributed by atoms with E-state index in [1.807, 2.05) is 6.92 Å². The molecule has 1 rings (SSSR count). The van der Waals surface area contributed by atoms with E-state index in [0.717, 1.165) is 12.8 Å². The number of alkyl halides is 3. The molecule has 1 fully saturated rings. The number of nitrogens with zero attached hydrogens (tertiary/aromatic N) is 1. The average Bonchev–Trinajstić information content (AvgIpc) is 3.04. The van der Waals surface area contributed by atoms with Gasteiger partial charge in [0.25, 0.3) is 0 Å². The highest BCUT2D eigenvalue weighted by Crippen LogP contribution is 2.36. The zero-order valence-corrected chi connectivity index (χ0v) is 9.67. The summed E-state index contributed by atoms with van der Waals surface area (Å²) in [5.41, 5.74) is 5.03. The number of hydrogen-bond acceptors (Lipinski definition) is 3. The third kappa shape index (κ3) is 4.41. The highest BCUT2D eigenvalue weighted by atomic mass is 19.4. The van der Waals surface area contributed by atoms with Crippen LogP contribution in [0.1, 0.15) is 19.8 Å². The smallest absolute Gasteiger partial charge is 0.400 e. The fourth-order valence-corrected chi connectivity index (χ4v) is 1.74. The Hall–Kier alpha value is -0.980. The van der Waals surface area contributed by atoms with Crippen molar-refractivity contribution in [3.8, 4) is 0 Å². The molecule has 0 spiro atoms. The molecule has 1 aliphatic rings. The number of rotatable bonds is 6. The van der Waals surface area contributed by atoms with Crippen molar-refractivity contribution in [1.82, 2.24) is 5.32 Å². The van der Waals surface area contributed by atoms with Gasteiger partial charge in [0.05, 0.1) is 0 Å². The van der Waals surface area contributed by atoms with E-state index in [1.54, 1.807) is 0 Å². The lowest BCUT2D eigenvalue weighted by atomic mass is 10.1. The van der Waals surface area contributed by atoms with Gasteiger partial charge >= 0.3 is 6.18 Å². The van der Waals surface area contributed by atoms with E-state index in [2.05, 4.69) is 10.5 Å². The number of halogens is 3. The van der Waals surface area contributed by atoms with E-state index >= 15 is 0 Å². The molecule has 4 nitrogen and oxygen atoms in total. The Morgan fingerprint density at radius 1 is 1.47 bits per heavy atom. The average molecular weight is 253 g/mol. The minimum atomic E-state index is -4.49. The lowest BCUT2D eigenvalue weighted by Gasteiger charge is -2.20. The third-order valence-electron chi connectivity index (χ3n) is 3.11. The number of amidine groups is 1. The van der Waals surface area contributed by atoms with Gasteiger partial charge in [0.1, 0.15) is 5.92 Å². The molecule has 2 unspecified atom stereocenters. The van der Waals surface area contributed by atoms with Crippen LogP contribution in [0.25, 0.3) is 0 Å². The van der Waals surface area contributed by atoms with Crippen LogP contribution in [0.2, 0.25) is 0 Å². The monoisotopic (exact) mass is 253 g/mol. The number of nitrogens with two attached hydrogens (primary N) is 1. The van der Waals surface area contributed by atoms with Crippen molar-refractivity contribution in [2.24, 2.45) is 28.6 Å². The molecule has 17 heavy (non-hydrogen) atoms.